The van der Waals surface area contributed by atoms with Crippen LogP contribution in [0.15, 0.2) is 48.7 Å². The molecule has 3 aromatic rings. The second-order valence-electron chi connectivity index (χ2n) is 7.10. The van der Waals surface area contributed by atoms with Crippen molar-refractivity contribution in [1.29, 1.82) is 0 Å². The smallest absolute Gasteiger partial charge is 0.310 e. The van der Waals surface area contributed by atoms with Crippen LogP contribution in [-0.4, -0.2) is 28.9 Å². The topological polar surface area (TPSA) is 45.3 Å². The summed E-state index contributed by atoms with van der Waals surface area (Å²) in [7, 11) is 0. The van der Waals surface area contributed by atoms with Gasteiger partial charge in [0.05, 0.1) is 5.02 Å². The molecule has 1 saturated heterocycles. The minimum atomic E-state index is -0.263. The van der Waals surface area contributed by atoms with Crippen molar-refractivity contribution < 1.29 is 9.53 Å². The van der Waals surface area contributed by atoms with E-state index >= 15 is 0 Å². The van der Waals surface area contributed by atoms with Crippen molar-refractivity contribution in [3.8, 4) is 5.75 Å². The van der Waals surface area contributed by atoms with Gasteiger partial charge in [0.2, 0.25) is 0 Å². The summed E-state index contributed by atoms with van der Waals surface area (Å²) >= 11 is 6.19. The predicted octanol–water partition coefficient (Wildman–Crippen LogP) is 5.13. The summed E-state index contributed by atoms with van der Waals surface area (Å²) in [4.78, 5) is 17.4. The largest absolute Gasteiger partial charge is 0.425 e. The number of nitrogens with one attached hydrogen (secondary N) is 1. The zero-order valence-electron chi connectivity index (χ0n) is 15.4. The maximum atomic E-state index is 11.6. The van der Waals surface area contributed by atoms with Crippen molar-refractivity contribution >= 4 is 28.5 Å². The SMILES string of the molecule is CCC(=O)Oc1cc(C2CCN(Cc3c[nH]c4ccccc34)C2)ccc1Cl. The first kappa shape index (κ1) is 18.1. The highest BCUT2D eigenvalue weighted by Gasteiger charge is 2.25. The first-order valence-electron chi connectivity index (χ1n) is 9.41. The summed E-state index contributed by atoms with van der Waals surface area (Å²) in [5.41, 5.74) is 3.70. The van der Waals surface area contributed by atoms with Crippen LogP contribution in [-0.2, 0) is 11.3 Å². The highest BCUT2D eigenvalue weighted by Crippen LogP contribution is 2.34. The minimum absolute atomic E-state index is 0.263. The lowest BCUT2D eigenvalue weighted by atomic mass is 9.98. The highest BCUT2D eigenvalue weighted by molar-refractivity contribution is 6.32. The molecule has 27 heavy (non-hydrogen) atoms. The van der Waals surface area contributed by atoms with Gasteiger partial charge in [-0.25, -0.2) is 0 Å². The van der Waals surface area contributed by atoms with E-state index in [9.17, 15) is 4.79 Å². The molecule has 1 atom stereocenters. The van der Waals surface area contributed by atoms with Gasteiger partial charge in [0.1, 0.15) is 5.75 Å². The summed E-state index contributed by atoms with van der Waals surface area (Å²) in [6.45, 7) is 4.75. The molecule has 0 radical (unpaired) electrons. The van der Waals surface area contributed by atoms with Gasteiger partial charge in [-0.2, -0.15) is 0 Å². The molecule has 2 heterocycles. The molecule has 1 N–H and O–H groups in total. The Morgan fingerprint density at radius 2 is 2.15 bits per heavy atom. The molecule has 1 aliphatic heterocycles. The number of likely N-dealkylation sites (tertiary alicyclic amines) is 1. The molecular formula is C22H23ClN2O2. The molecule has 1 fully saturated rings. The minimum Gasteiger partial charge on any atom is -0.425 e. The Kier molecular flexibility index (Phi) is 5.19. The zero-order chi connectivity index (χ0) is 18.8. The summed E-state index contributed by atoms with van der Waals surface area (Å²) in [5, 5.41) is 1.77. The monoisotopic (exact) mass is 382 g/mol. The molecule has 0 bridgehead atoms. The number of para-hydroxylation sites is 1. The summed E-state index contributed by atoms with van der Waals surface area (Å²) in [6, 6.07) is 14.2. The van der Waals surface area contributed by atoms with Crippen LogP contribution in [0.25, 0.3) is 10.9 Å². The van der Waals surface area contributed by atoms with Gasteiger partial charge in [-0.05, 0) is 48.2 Å². The lowest BCUT2D eigenvalue weighted by molar-refractivity contribution is -0.134. The Balaban J connectivity index is 1.46. The molecule has 4 rings (SSSR count). The quantitative estimate of drug-likeness (QED) is 0.491. The average molecular weight is 383 g/mol. The number of aromatic nitrogens is 1. The van der Waals surface area contributed by atoms with Crippen LogP contribution >= 0.6 is 11.6 Å². The molecule has 0 amide bonds. The maximum Gasteiger partial charge on any atom is 0.310 e. The number of hydrogen-bond donors (Lipinski definition) is 1. The fourth-order valence-electron chi connectivity index (χ4n) is 3.80. The fourth-order valence-corrected chi connectivity index (χ4v) is 3.95. The molecule has 1 unspecified atom stereocenters. The highest BCUT2D eigenvalue weighted by atomic mass is 35.5. The van der Waals surface area contributed by atoms with E-state index in [0.717, 1.165) is 26.1 Å². The first-order chi connectivity index (χ1) is 13.1. The molecule has 0 spiro atoms. The number of hydrogen-bond acceptors (Lipinski definition) is 3. The normalized spacial score (nSPS) is 17.5. The first-order valence-corrected chi connectivity index (χ1v) is 9.79. The van der Waals surface area contributed by atoms with Crippen molar-refractivity contribution in [2.75, 3.05) is 13.1 Å². The van der Waals surface area contributed by atoms with E-state index in [1.165, 1.54) is 22.0 Å². The van der Waals surface area contributed by atoms with E-state index in [0.29, 0.717) is 23.1 Å². The predicted molar refractivity (Wildman–Crippen MR) is 108 cm³/mol. The van der Waals surface area contributed by atoms with E-state index in [1.54, 1.807) is 6.92 Å². The Morgan fingerprint density at radius 3 is 3.00 bits per heavy atom. The Bertz CT molecular complexity index is 966. The molecule has 2 aromatic carbocycles. The lowest BCUT2D eigenvalue weighted by Crippen LogP contribution is -2.19. The van der Waals surface area contributed by atoms with Crippen molar-refractivity contribution in [2.45, 2.75) is 32.2 Å². The Morgan fingerprint density at radius 1 is 1.30 bits per heavy atom. The van der Waals surface area contributed by atoms with Crippen LogP contribution in [0.2, 0.25) is 5.02 Å². The van der Waals surface area contributed by atoms with E-state index in [1.807, 2.05) is 18.2 Å². The van der Waals surface area contributed by atoms with Crippen LogP contribution < -0.4 is 4.74 Å². The van der Waals surface area contributed by atoms with Crippen molar-refractivity contribution in [3.05, 3.63) is 64.8 Å². The van der Waals surface area contributed by atoms with Gasteiger partial charge in [0.15, 0.2) is 0 Å². The summed E-state index contributed by atoms with van der Waals surface area (Å²) in [5.74, 6) is 0.629. The molecular weight excluding hydrogens is 360 g/mol. The third kappa shape index (κ3) is 3.87. The number of carbonyl (C=O) groups excluding carboxylic acids is 1. The van der Waals surface area contributed by atoms with Crippen molar-refractivity contribution in [1.82, 2.24) is 9.88 Å². The van der Waals surface area contributed by atoms with Crippen LogP contribution in [0.5, 0.6) is 5.75 Å². The number of benzene rings is 2. The molecule has 4 nitrogen and oxygen atoms in total. The number of nitrogens with zero attached hydrogens (tertiary/aromatic N) is 1. The third-order valence-corrected chi connectivity index (χ3v) is 5.59. The fraction of sp³-hybridized carbons (Fsp3) is 0.318. The second-order valence-corrected chi connectivity index (χ2v) is 7.50. The van der Waals surface area contributed by atoms with Crippen molar-refractivity contribution in [2.24, 2.45) is 0 Å². The molecule has 0 saturated carbocycles. The summed E-state index contributed by atoms with van der Waals surface area (Å²) in [6.07, 6.45) is 3.54. The van der Waals surface area contributed by atoms with Gasteiger partial charge in [0.25, 0.3) is 0 Å². The van der Waals surface area contributed by atoms with Crippen LogP contribution in [0.1, 0.15) is 36.8 Å². The maximum absolute atomic E-state index is 11.6. The van der Waals surface area contributed by atoms with Crippen LogP contribution in [0.3, 0.4) is 0 Å². The number of ether oxygens (including phenoxy) is 1. The van der Waals surface area contributed by atoms with Gasteiger partial charge in [-0.3, -0.25) is 9.69 Å². The van der Waals surface area contributed by atoms with Crippen LogP contribution in [0.4, 0.5) is 0 Å². The van der Waals surface area contributed by atoms with Gasteiger partial charge in [-0.15, -0.1) is 0 Å². The zero-order valence-corrected chi connectivity index (χ0v) is 16.1. The van der Waals surface area contributed by atoms with E-state index in [4.69, 9.17) is 16.3 Å². The molecule has 0 aliphatic carbocycles. The molecule has 140 valence electrons. The Labute approximate surface area is 164 Å². The van der Waals surface area contributed by atoms with Crippen LogP contribution in [0, 0.1) is 0 Å². The number of rotatable bonds is 5. The standard InChI is InChI=1S/C22H23ClN2O2/c1-2-22(26)27-21-11-15(7-8-19(21)23)16-9-10-25(13-16)14-17-12-24-20-6-4-3-5-18(17)20/h3-8,11-12,16,24H,2,9-10,13-14H2,1H3. The lowest BCUT2D eigenvalue weighted by Gasteiger charge is -2.16. The van der Waals surface area contributed by atoms with E-state index in [-0.39, 0.29) is 5.97 Å². The Hall–Kier alpha value is -2.30. The second kappa shape index (κ2) is 7.75. The molecule has 1 aromatic heterocycles. The number of aromatic amines is 1. The molecule has 5 heteroatoms. The van der Waals surface area contributed by atoms with Gasteiger partial charge in [0, 0.05) is 36.6 Å². The van der Waals surface area contributed by atoms with Gasteiger partial charge >= 0.3 is 5.97 Å². The van der Waals surface area contributed by atoms with Crippen molar-refractivity contribution in [3.63, 3.8) is 0 Å². The van der Waals surface area contributed by atoms with Gasteiger partial charge < -0.3 is 9.72 Å². The van der Waals surface area contributed by atoms with Gasteiger partial charge in [-0.1, -0.05) is 42.8 Å². The average Bonchev–Trinajstić information content (AvgIpc) is 3.31. The number of fused-ring (bicyclic) bond motifs is 1. The number of H-pyrrole nitrogens is 1. The summed E-state index contributed by atoms with van der Waals surface area (Å²) < 4.78 is 5.37. The van der Waals surface area contributed by atoms with E-state index < -0.39 is 0 Å². The third-order valence-electron chi connectivity index (χ3n) is 5.28. The number of esters is 1. The number of carbonyl (C=O) groups is 1. The molecule has 1 aliphatic rings. The number of halogens is 1. The van der Waals surface area contributed by atoms with E-state index in [2.05, 4.69) is 40.3 Å².